The minimum atomic E-state index is -0.234. The quantitative estimate of drug-likeness (QED) is 0.899. The zero-order valence-electron chi connectivity index (χ0n) is 11.2. The highest BCUT2D eigenvalue weighted by Gasteiger charge is 2.04. The lowest BCUT2D eigenvalue weighted by Gasteiger charge is -2.08. The summed E-state index contributed by atoms with van der Waals surface area (Å²) in [5, 5.41) is 5.56. The number of rotatable bonds is 4. The van der Waals surface area contributed by atoms with E-state index in [1.165, 1.54) is 5.56 Å². The highest BCUT2D eigenvalue weighted by atomic mass is 79.9. The number of benzene rings is 1. The number of carbonyl (C=O) groups is 1. The predicted molar refractivity (Wildman–Crippen MR) is 83.8 cm³/mol. The van der Waals surface area contributed by atoms with Crippen molar-refractivity contribution in [1.29, 1.82) is 0 Å². The van der Waals surface area contributed by atoms with Gasteiger partial charge in [0.15, 0.2) is 0 Å². The van der Waals surface area contributed by atoms with Crippen molar-refractivity contribution in [3.8, 4) is 0 Å². The molecule has 0 radical (unpaired) electrons. The fourth-order valence-electron chi connectivity index (χ4n) is 1.78. The molecule has 0 spiro atoms. The maximum absolute atomic E-state index is 11.8. The van der Waals surface area contributed by atoms with Gasteiger partial charge in [-0.1, -0.05) is 34.1 Å². The van der Waals surface area contributed by atoms with Crippen molar-refractivity contribution in [3.63, 3.8) is 0 Å². The first-order valence-corrected chi connectivity index (χ1v) is 7.15. The van der Waals surface area contributed by atoms with Crippen LogP contribution < -0.4 is 10.6 Å². The van der Waals surface area contributed by atoms with E-state index in [0.717, 1.165) is 16.5 Å². The fraction of sp³-hybridized carbons (Fsp3) is 0.200. The molecule has 4 nitrogen and oxygen atoms in total. The van der Waals surface area contributed by atoms with E-state index < -0.39 is 0 Å². The molecule has 0 aliphatic rings. The van der Waals surface area contributed by atoms with E-state index in [9.17, 15) is 4.79 Å². The Balaban J connectivity index is 1.80. The molecule has 2 rings (SSSR count). The molecule has 1 aromatic carbocycles. The smallest absolute Gasteiger partial charge is 0.320 e. The highest BCUT2D eigenvalue weighted by Crippen LogP contribution is 2.12. The molecule has 20 heavy (non-hydrogen) atoms. The van der Waals surface area contributed by atoms with Crippen molar-refractivity contribution in [3.05, 3.63) is 58.2 Å². The van der Waals surface area contributed by atoms with Gasteiger partial charge in [-0.25, -0.2) is 9.78 Å². The van der Waals surface area contributed by atoms with Gasteiger partial charge in [-0.05, 0) is 42.7 Å². The van der Waals surface area contributed by atoms with Crippen LogP contribution in [0.4, 0.5) is 10.6 Å². The van der Waals surface area contributed by atoms with E-state index in [1.54, 1.807) is 6.20 Å². The van der Waals surface area contributed by atoms with Crippen molar-refractivity contribution < 1.29 is 4.79 Å². The minimum Gasteiger partial charge on any atom is -0.337 e. The monoisotopic (exact) mass is 333 g/mol. The number of anilines is 1. The summed E-state index contributed by atoms with van der Waals surface area (Å²) in [7, 11) is 0. The van der Waals surface area contributed by atoms with Crippen LogP contribution in [0.15, 0.2) is 47.1 Å². The molecule has 0 saturated carbocycles. The van der Waals surface area contributed by atoms with Gasteiger partial charge in [0, 0.05) is 17.2 Å². The van der Waals surface area contributed by atoms with E-state index in [2.05, 4.69) is 31.5 Å². The van der Waals surface area contributed by atoms with Crippen LogP contribution >= 0.6 is 15.9 Å². The average molecular weight is 334 g/mol. The average Bonchev–Trinajstić information content (AvgIpc) is 2.41. The number of urea groups is 1. The molecule has 0 saturated heterocycles. The van der Waals surface area contributed by atoms with Crippen LogP contribution in [0.25, 0.3) is 0 Å². The Bertz CT molecular complexity index is 601. The third-order valence-electron chi connectivity index (χ3n) is 2.83. The molecule has 0 unspecified atom stereocenters. The second-order valence-electron chi connectivity index (χ2n) is 4.43. The first-order valence-electron chi connectivity index (χ1n) is 6.36. The van der Waals surface area contributed by atoms with Gasteiger partial charge in [-0.3, -0.25) is 5.32 Å². The molecule has 1 heterocycles. The summed E-state index contributed by atoms with van der Waals surface area (Å²) in [6.07, 6.45) is 2.44. The summed E-state index contributed by atoms with van der Waals surface area (Å²) in [6, 6.07) is 11.6. The van der Waals surface area contributed by atoms with Gasteiger partial charge in [0.25, 0.3) is 0 Å². The van der Waals surface area contributed by atoms with Crippen LogP contribution in [0, 0.1) is 6.92 Å². The number of halogens is 1. The summed E-state index contributed by atoms with van der Waals surface area (Å²) in [5.41, 5.74) is 2.11. The topological polar surface area (TPSA) is 54.0 Å². The molecule has 0 atom stereocenters. The molecule has 1 aromatic heterocycles. The van der Waals surface area contributed by atoms with E-state index in [4.69, 9.17) is 0 Å². The van der Waals surface area contributed by atoms with Crippen molar-refractivity contribution in [2.75, 3.05) is 11.9 Å². The second kappa shape index (κ2) is 7.05. The van der Waals surface area contributed by atoms with Crippen LogP contribution in [0.5, 0.6) is 0 Å². The van der Waals surface area contributed by atoms with Crippen molar-refractivity contribution in [2.24, 2.45) is 0 Å². The number of aryl methyl sites for hydroxylation is 1. The third kappa shape index (κ3) is 4.35. The second-order valence-corrected chi connectivity index (χ2v) is 5.35. The first kappa shape index (κ1) is 14.5. The molecule has 0 aliphatic heterocycles. The van der Waals surface area contributed by atoms with Gasteiger partial charge in [-0.2, -0.15) is 0 Å². The van der Waals surface area contributed by atoms with E-state index in [0.29, 0.717) is 12.4 Å². The number of carbonyl (C=O) groups excluding carboxylic acids is 1. The Morgan fingerprint density at radius 3 is 2.90 bits per heavy atom. The molecular weight excluding hydrogens is 318 g/mol. The lowest BCUT2D eigenvalue weighted by Crippen LogP contribution is -2.31. The minimum absolute atomic E-state index is 0.234. The number of hydrogen-bond donors (Lipinski definition) is 2. The summed E-state index contributed by atoms with van der Waals surface area (Å²) < 4.78 is 1.04. The van der Waals surface area contributed by atoms with Crippen molar-refractivity contribution in [1.82, 2.24) is 10.3 Å². The lowest BCUT2D eigenvalue weighted by molar-refractivity contribution is 0.252. The van der Waals surface area contributed by atoms with Gasteiger partial charge in [-0.15, -0.1) is 0 Å². The largest absolute Gasteiger partial charge is 0.337 e. The number of hydrogen-bond acceptors (Lipinski definition) is 2. The Morgan fingerprint density at radius 2 is 2.15 bits per heavy atom. The van der Waals surface area contributed by atoms with Gasteiger partial charge in [0.1, 0.15) is 5.82 Å². The summed E-state index contributed by atoms with van der Waals surface area (Å²) >= 11 is 3.43. The first-order chi connectivity index (χ1) is 9.65. The van der Waals surface area contributed by atoms with Crippen LogP contribution in [0.1, 0.15) is 11.1 Å². The van der Waals surface area contributed by atoms with E-state index in [1.807, 2.05) is 43.3 Å². The molecule has 104 valence electrons. The molecule has 0 aliphatic carbocycles. The number of nitrogens with one attached hydrogen (secondary N) is 2. The molecule has 2 amide bonds. The molecule has 5 heteroatoms. The fourth-order valence-corrected chi connectivity index (χ4v) is 2.23. The predicted octanol–water partition coefficient (Wildman–Crippen LogP) is 3.52. The molecular formula is C15H16BrN3O. The van der Waals surface area contributed by atoms with Gasteiger partial charge >= 0.3 is 6.03 Å². The SMILES string of the molecule is Cc1cccnc1NC(=O)NCCc1cccc(Br)c1. The molecule has 2 aromatic rings. The Kier molecular flexibility index (Phi) is 5.12. The molecule has 0 bridgehead atoms. The van der Waals surface area contributed by atoms with Crippen molar-refractivity contribution in [2.45, 2.75) is 13.3 Å². The zero-order valence-corrected chi connectivity index (χ0v) is 12.8. The summed E-state index contributed by atoms with van der Waals surface area (Å²) in [5.74, 6) is 0.590. The third-order valence-corrected chi connectivity index (χ3v) is 3.32. The normalized spacial score (nSPS) is 10.1. The van der Waals surface area contributed by atoms with E-state index >= 15 is 0 Å². The van der Waals surface area contributed by atoms with Crippen LogP contribution in [-0.2, 0) is 6.42 Å². The number of pyridine rings is 1. The maximum Gasteiger partial charge on any atom is 0.320 e. The van der Waals surface area contributed by atoms with Crippen LogP contribution in [0.3, 0.4) is 0 Å². The molecule has 0 fully saturated rings. The standard InChI is InChI=1S/C15H16BrN3O/c1-11-4-3-8-17-14(11)19-15(20)18-9-7-12-5-2-6-13(16)10-12/h2-6,8,10H,7,9H2,1H3,(H2,17,18,19,20). The van der Waals surface area contributed by atoms with Crippen molar-refractivity contribution >= 4 is 27.8 Å². The Hall–Kier alpha value is -1.88. The molecule has 2 N–H and O–H groups in total. The van der Waals surface area contributed by atoms with Gasteiger partial charge in [0.05, 0.1) is 0 Å². The Labute approximate surface area is 126 Å². The van der Waals surface area contributed by atoms with Crippen LogP contribution in [0.2, 0.25) is 0 Å². The summed E-state index contributed by atoms with van der Waals surface area (Å²) in [6.45, 7) is 2.48. The van der Waals surface area contributed by atoms with Gasteiger partial charge < -0.3 is 5.32 Å². The van der Waals surface area contributed by atoms with Crippen LogP contribution in [-0.4, -0.2) is 17.6 Å². The maximum atomic E-state index is 11.8. The zero-order chi connectivity index (χ0) is 14.4. The number of nitrogens with zero attached hydrogens (tertiary/aromatic N) is 1. The number of amides is 2. The lowest BCUT2D eigenvalue weighted by atomic mass is 10.1. The highest BCUT2D eigenvalue weighted by molar-refractivity contribution is 9.10. The van der Waals surface area contributed by atoms with E-state index in [-0.39, 0.29) is 6.03 Å². The van der Waals surface area contributed by atoms with Gasteiger partial charge in [0.2, 0.25) is 0 Å². The number of aromatic nitrogens is 1. The summed E-state index contributed by atoms with van der Waals surface area (Å²) in [4.78, 5) is 15.9. The Morgan fingerprint density at radius 1 is 1.30 bits per heavy atom.